The van der Waals surface area contributed by atoms with Crippen LogP contribution in [0.4, 0.5) is 0 Å². The Labute approximate surface area is 152 Å². The van der Waals surface area contributed by atoms with Gasteiger partial charge in [-0.25, -0.2) is 4.79 Å². The van der Waals surface area contributed by atoms with Crippen LogP contribution in [-0.2, 0) is 15.5 Å². The van der Waals surface area contributed by atoms with E-state index in [0.717, 1.165) is 16.2 Å². The Bertz CT molecular complexity index is 880. The van der Waals surface area contributed by atoms with Crippen LogP contribution in [0.2, 0.25) is 0 Å². The van der Waals surface area contributed by atoms with Gasteiger partial charge in [0, 0.05) is 22.3 Å². The van der Waals surface area contributed by atoms with Crippen molar-refractivity contribution in [2.45, 2.75) is 6.16 Å². The molecule has 0 saturated carbocycles. The van der Waals surface area contributed by atoms with E-state index in [9.17, 15) is 9.36 Å². The summed E-state index contributed by atoms with van der Waals surface area (Å²) < 4.78 is 19.5. The van der Waals surface area contributed by atoms with Gasteiger partial charge in [0.2, 0.25) is 0 Å². The highest BCUT2D eigenvalue weighted by Gasteiger charge is 2.28. The van der Waals surface area contributed by atoms with Crippen LogP contribution in [-0.4, -0.2) is 17.7 Å². The summed E-state index contributed by atoms with van der Waals surface area (Å²) in [5, 5.41) is 10.4. The number of rotatable bonds is 7. The average Bonchev–Trinajstić information content (AvgIpc) is 2.68. The van der Waals surface area contributed by atoms with Gasteiger partial charge in [-0.1, -0.05) is 78.9 Å². The Morgan fingerprint density at radius 1 is 0.808 bits per heavy atom. The second-order valence-corrected chi connectivity index (χ2v) is 8.69. The Balaban J connectivity index is 2.03. The van der Waals surface area contributed by atoms with Crippen LogP contribution in [0.3, 0.4) is 0 Å². The standard InChI is InChI=1S/C21H19O4P/c22-21(23)15-25-20-14-8-7-9-17(20)16-26(24,18-10-3-1-4-11-18)19-12-5-2-6-13-19/h1-14H,15-16H2,(H,22,23). The molecule has 4 nitrogen and oxygen atoms in total. The summed E-state index contributed by atoms with van der Waals surface area (Å²) >= 11 is 0. The Morgan fingerprint density at radius 2 is 1.31 bits per heavy atom. The number of para-hydroxylation sites is 1. The van der Waals surface area contributed by atoms with Crippen molar-refractivity contribution in [1.82, 2.24) is 0 Å². The minimum absolute atomic E-state index is 0.261. The zero-order chi connectivity index (χ0) is 18.4. The minimum atomic E-state index is -2.95. The fraction of sp³-hybridized carbons (Fsp3) is 0.0952. The fourth-order valence-electron chi connectivity index (χ4n) is 2.82. The molecule has 0 amide bonds. The SMILES string of the molecule is O=C(O)COc1ccccc1CP(=O)(c1ccccc1)c1ccccc1. The molecule has 0 aliphatic carbocycles. The van der Waals surface area contributed by atoms with E-state index in [1.54, 1.807) is 12.1 Å². The van der Waals surface area contributed by atoms with E-state index in [4.69, 9.17) is 9.84 Å². The lowest BCUT2D eigenvalue weighted by Gasteiger charge is -2.21. The smallest absolute Gasteiger partial charge is 0.341 e. The van der Waals surface area contributed by atoms with Gasteiger partial charge in [-0.05, 0) is 6.07 Å². The number of hydrogen-bond donors (Lipinski definition) is 1. The summed E-state index contributed by atoms with van der Waals surface area (Å²) in [7, 11) is -2.95. The lowest BCUT2D eigenvalue weighted by molar-refractivity contribution is -0.139. The zero-order valence-electron chi connectivity index (χ0n) is 14.1. The van der Waals surface area contributed by atoms with Gasteiger partial charge >= 0.3 is 5.97 Å². The molecular weight excluding hydrogens is 347 g/mol. The van der Waals surface area contributed by atoms with Crippen molar-refractivity contribution in [3.63, 3.8) is 0 Å². The molecular formula is C21H19O4P. The summed E-state index contributed by atoms with van der Waals surface area (Å²) in [5.41, 5.74) is 0.727. The molecule has 0 aromatic heterocycles. The lowest BCUT2D eigenvalue weighted by Crippen LogP contribution is -2.18. The first-order valence-corrected chi connectivity index (χ1v) is 10.1. The number of ether oxygens (including phenoxy) is 1. The van der Waals surface area contributed by atoms with Crippen molar-refractivity contribution < 1.29 is 19.2 Å². The number of hydrogen-bond acceptors (Lipinski definition) is 3. The molecule has 1 N–H and O–H groups in total. The Hall–Kier alpha value is -2.84. The largest absolute Gasteiger partial charge is 0.482 e. The van der Waals surface area contributed by atoms with Crippen LogP contribution >= 0.6 is 7.14 Å². The topological polar surface area (TPSA) is 63.6 Å². The number of aliphatic carboxylic acids is 1. The van der Waals surface area contributed by atoms with Crippen LogP contribution in [0.1, 0.15) is 5.56 Å². The van der Waals surface area contributed by atoms with Gasteiger partial charge in [-0.2, -0.15) is 0 Å². The Kier molecular flexibility index (Phi) is 5.55. The predicted molar refractivity (Wildman–Crippen MR) is 103 cm³/mol. The zero-order valence-corrected chi connectivity index (χ0v) is 15.0. The molecule has 0 heterocycles. The third-order valence-electron chi connectivity index (χ3n) is 4.06. The van der Waals surface area contributed by atoms with E-state index >= 15 is 0 Å². The summed E-state index contributed by atoms with van der Waals surface area (Å²) in [6, 6.07) is 25.9. The second kappa shape index (κ2) is 8.03. The van der Waals surface area contributed by atoms with Crippen molar-refractivity contribution >= 4 is 23.7 Å². The van der Waals surface area contributed by atoms with E-state index in [2.05, 4.69) is 0 Å². The lowest BCUT2D eigenvalue weighted by atomic mass is 10.2. The van der Waals surface area contributed by atoms with Crippen molar-refractivity contribution in [2.75, 3.05) is 6.61 Å². The maximum atomic E-state index is 14.1. The molecule has 5 heteroatoms. The van der Waals surface area contributed by atoms with Gasteiger partial charge in [-0.15, -0.1) is 0 Å². The van der Waals surface area contributed by atoms with Gasteiger partial charge in [0.1, 0.15) is 12.9 Å². The first-order chi connectivity index (χ1) is 12.6. The van der Waals surface area contributed by atoms with Gasteiger partial charge in [-0.3, -0.25) is 0 Å². The summed E-state index contributed by atoms with van der Waals surface area (Å²) in [6.45, 7) is -0.433. The summed E-state index contributed by atoms with van der Waals surface area (Å²) in [4.78, 5) is 10.8. The van der Waals surface area contributed by atoms with Gasteiger partial charge in [0.05, 0.1) is 0 Å². The fourth-order valence-corrected chi connectivity index (χ4v) is 5.54. The van der Waals surface area contributed by atoms with Crippen molar-refractivity contribution in [3.05, 3.63) is 90.5 Å². The molecule has 0 aliphatic heterocycles. The van der Waals surface area contributed by atoms with Gasteiger partial charge < -0.3 is 14.4 Å². The van der Waals surface area contributed by atoms with E-state index in [1.807, 2.05) is 72.8 Å². The number of carboxylic acids is 1. The van der Waals surface area contributed by atoms with Crippen LogP contribution in [0.15, 0.2) is 84.9 Å². The molecule has 0 aliphatic rings. The van der Waals surface area contributed by atoms with Crippen molar-refractivity contribution in [3.8, 4) is 5.75 Å². The predicted octanol–water partition coefficient (Wildman–Crippen LogP) is 3.66. The number of benzene rings is 3. The molecule has 3 aromatic rings. The monoisotopic (exact) mass is 366 g/mol. The molecule has 3 rings (SSSR count). The minimum Gasteiger partial charge on any atom is -0.482 e. The van der Waals surface area contributed by atoms with E-state index in [0.29, 0.717) is 5.75 Å². The highest BCUT2D eigenvalue weighted by atomic mass is 31.2. The van der Waals surface area contributed by atoms with Crippen LogP contribution in [0, 0.1) is 0 Å². The molecule has 26 heavy (non-hydrogen) atoms. The van der Waals surface area contributed by atoms with E-state index in [1.165, 1.54) is 0 Å². The third kappa shape index (κ3) is 4.04. The molecule has 0 atom stereocenters. The molecule has 132 valence electrons. The molecule has 0 bridgehead atoms. The molecule has 0 unspecified atom stereocenters. The van der Waals surface area contributed by atoms with Crippen molar-refractivity contribution in [2.24, 2.45) is 0 Å². The van der Waals surface area contributed by atoms with Crippen LogP contribution in [0.5, 0.6) is 5.75 Å². The van der Waals surface area contributed by atoms with Crippen LogP contribution in [0.25, 0.3) is 0 Å². The first kappa shape index (κ1) is 18.0. The molecule has 0 saturated heterocycles. The van der Waals surface area contributed by atoms with E-state index < -0.39 is 19.7 Å². The van der Waals surface area contributed by atoms with E-state index in [-0.39, 0.29) is 6.16 Å². The normalized spacial score (nSPS) is 11.1. The number of carbonyl (C=O) groups is 1. The second-order valence-electron chi connectivity index (χ2n) is 5.86. The molecule has 0 spiro atoms. The summed E-state index contributed by atoms with van der Waals surface area (Å²) in [6.07, 6.45) is 0.261. The highest BCUT2D eigenvalue weighted by Crippen LogP contribution is 2.48. The maximum Gasteiger partial charge on any atom is 0.341 e. The van der Waals surface area contributed by atoms with Gasteiger partial charge in [0.25, 0.3) is 0 Å². The molecule has 0 radical (unpaired) electrons. The average molecular weight is 366 g/mol. The maximum absolute atomic E-state index is 14.1. The quantitative estimate of drug-likeness (QED) is 0.648. The summed E-state index contributed by atoms with van der Waals surface area (Å²) in [5.74, 6) is -0.601. The van der Waals surface area contributed by atoms with Crippen molar-refractivity contribution in [1.29, 1.82) is 0 Å². The first-order valence-electron chi connectivity index (χ1n) is 8.22. The van der Waals surface area contributed by atoms with Gasteiger partial charge in [0.15, 0.2) is 6.61 Å². The molecule has 0 fully saturated rings. The highest BCUT2D eigenvalue weighted by molar-refractivity contribution is 7.78. The van der Waals surface area contributed by atoms with Crippen LogP contribution < -0.4 is 15.3 Å². The number of carboxylic acid groups (broad SMARTS) is 1. The Morgan fingerprint density at radius 3 is 1.85 bits per heavy atom. The third-order valence-corrected chi connectivity index (χ3v) is 7.11. The molecule has 3 aromatic carbocycles.